The molecule has 1 aromatic rings. The van der Waals surface area contributed by atoms with Crippen LogP contribution in [0.1, 0.15) is 5.56 Å². The highest BCUT2D eigenvalue weighted by Crippen LogP contribution is 2.29. The van der Waals surface area contributed by atoms with Gasteiger partial charge in [0.2, 0.25) is 0 Å². The number of esters is 1. The van der Waals surface area contributed by atoms with Crippen LogP contribution in [0.2, 0.25) is 0 Å². The van der Waals surface area contributed by atoms with Gasteiger partial charge >= 0.3 is 12.6 Å². The van der Waals surface area contributed by atoms with E-state index in [-0.39, 0.29) is 17.9 Å². The van der Waals surface area contributed by atoms with Gasteiger partial charge in [-0.3, -0.25) is 4.79 Å². The molecule has 0 aliphatic rings. The van der Waals surface area contributed by atoms with Gasteiger partial charge in [0.1, 0.15) is 6.04 Å². The van der Waals surface area contributed by atoms with Crippen LogP contribution in [0.4, 0.5) is 8.78 Å². The molecule has 0 aromatic heterocycles. The molecular weight excluding hydrogens is 260 g/mol. The van der Waals surface area contributed by atoms with Crippen molar-refractivity contribution in [2.24, 2.45) is 5.73 Å². The number of alkyl halides is 2. The molecule has 0 amide bonds. The summed E-state index contributed by atoms with van der Waals surface area (Å²) in [5, 5.41) is 0. The van der Waals surface area contributed by atoms with E-state index >= 15 is 0 Å². The number of halogens is 2. The van der Waals surface area contributed by atoms with Gasteiger partial charge in [0.15, 0.2) is 11.5 Å². The Hall–Kier alpha value is -1.89. The predicted molar refractivity (Wildman–Crippen MR) is 63.3 cm³/mol. The van der Waals surface area contributed by atoms with Crippen molar-refractivity contribution in [3.63, 3.8) is 0 Å². The summed E-state index contributed by atoms with van der Waals surface area (Å²) in [4.78, 5) is 11.2. The molecule has 19 heavy (non-hydrogen) atoms. The largest absolute Gasteiger partial charge is 0.493 e. The molecule has 1 unspecified atom stereocenters. The highest BCUT2D eigenvalue weighted by Gasteiger charge is 2.17. The first-order valence-electron chi connectivity index (χ1n) is 5.43. The van der Waals surface area contributed by atoms with E-state index in [9.17, 15) is 13.6 Å². The Kier molecular flexibility index (Phi) is 5.50. The van der Waals surface area contributed by atoms with Gasteiger partial charge in [0.25, 0.3) is 0 Å². The van der Waals surface area contributed by atoms with E-state index in [0.717, 1.165) is 0 Å². The Morgan fingerprint density at radius 3 is 2.53 bits per heavy atom. The molecule has 0 spiro atoms. The quantitative estimate of drug-likeness (QED) is 0.793. The van der Waals surface area contributed by atoms with E-state index in [0.29, 0.717) is 5.56 Å². The second-order valence-electron chi connectivity index (χ2n) is 3.70. The van der Waals surface area contributed by atoms with Crippen LogP contribution in [-0.4, -0.2) is 32.8 Å². The van der Waals surface area contributed by atoms with E-state index in [4.69, 9.17) is 10.5 Å². The van der Waals surface area contributed by atoms with Crippen LogP contribution in [0.3, 0.4) is 0 Å². The normalized spacial score (nSPS) is 12.1. The summed E-state index contributed by atoms with van der Waals surface area (Å²) < 4.78 is 38.2. The minimum atomic E-state index is -2.96. The van der Waals surface area contributed by atoms with E-state index in [1.54, 1.807) is 6.07 Å². The highest BCUT2D eigenvalue weighted by atomic mass is 19.3. The smallest absolute Gasteiger partial charge is 0.387 e. The Morgan fingerprint density at radius 1 is 1.32 bits per heavy atom. The number of hydrogen-bond acceptors (Lipinski definition) is 5. The fraction of sp³-hybridized carbons (Fsp3) is 0.417. The monoisotopic (exact) mass is 275 g/mol. The van der Waals surface area contributed by atoms with E-state index < -0.39 is 18.6 Å². The number of benzene rings is 1. The van der Waals surface area contributed by atoms with Crippen molar-refractivity contribution in [1.82, 2.24) is 0 Å². The lowest BCUT2D eigenvalue weighted by Gasteiger charge is -2.13. The maximum Gasteiger partial charge on any atom is 0.387 e. The van der Waals surface area contributed by atoms with Crippen molar-refractivity contribution in [1.29, 1.82) is 0 Å². The van der Waals surface area contributed by atoms with Gasteiger partial charge in [-0.05, 0) is 24.1 Å². The SMILES string of the molecule is COC(=O)C(N)Cc1ccc(OC)c(OC(F)F)c1. The summed E-state index contributed by atoms with van der Waals surface area (Å²) in [5.74, 6) is -0.505. The summed E-state index contributed by atoms with van der Waals surface area (Å²) >= 11 is 0. The third-order valence-electron chi connectivity index (χ3n) is 2.40. The first kappa shape index (κ1) is 15.2. The van der Waals surface area contributed by atoms with Gasteiger partial charge in [-0.25, -0.2) is 0 Å². The fourth-order valence-electron chi connectivity index (χ4n) is 1.52. The molecule has 0 saturated carbocycles. The molecule has 0 fully saturated rings. The predicted octanol–water partition coefficient (Wildman–Crippen LogP) is 1.34. The first-order chi connectivity index (χ1) is 8.97. The zero-order chi connectivity index (χ0) is 14.4. The third-order valence-corrected chi connectivity index (χ3v) is 2.40. The molecule has 0 aliphatic heterocycles. The van der Waals surface area contributed by atoms with Crippen molar-refractivity contribution in [2.45, 2.75) is 19.1 Å². The summed E-state index contributed by atoms with van der Waals surface area (Å²) in [6.45, 7) is -2.96. The zero-order valence-electron chi connectivity index (χ0n) is 10.6. The van der Waals surface area contributed by atoms with E-state index in [2.05, 4.69) is 9.47 Å². The maximum atomic E-state index is 12.2. The number of carbonyl (C=O) groups is 1. The van der Waals surface area contributed by atoms with Crippen molar-refractivity contribution in [3.05, 3.63) is 23.8 Å². The van der Waals surface area contributed by atoms with Gasteiger partial charge in [0, 0.05) is 0 Å². The fourth-order valence-corrected chi connectivity index (χ4v) is 1.52. The Morgan fingerprint density at radius 2 is 2.00 bits per heavy atom. The molecule has 1 atom stereocenters. The van der Waals surface area contributed by atoms with Gasteiger partial charge in [0.05, 0.1) is 14.2 Å². The van der Waals surface area contributed by atoms with Crippen LogP contribution in [0.15, 0.2) is 18.2 Å². The molecular formula is C12H15F2NO4. The van der Waals surface area contributed by atoms with Crippen molar-refractivity contribution < 1.29 is 27.8 Å². The number of ether oxygens (including phenoxy) is 3. The second-order valence-corrected chi connectivity index (χ2v) is 3.70. The maximum absolute atomic E-state index is 12.2. The Labute approximate surface area is 109 Å². The van der Waals surface area contributed by atoms with Crippen LogP contribution >= 0.6 is 0 Å². The standard InChI is InChI=1S/C12H15F2NO4/c1-17-9-4-3-7(5-8(15)11(16)18-2)6-10(9)19-12(13)14/h3-4,6,8,12H,5,15H2,1-2H3. The average molecular weight is 275 g/mol. The van der Waals surface area contributed by atoms with Crippen LogP contribution in [-0.2, 0) is 16.0 Å². The molecule has 0 aliphatic carbocycles. The van der Waals surface area contributed by atoms with Gasteiger partial charge in [-0.15, -0.1) is 0 Å². The molecule has 106 valence electrons. The minimum absolute atomic E-state index is 0.105. The topological polar surface area (TPSA) is 70.8 Å². The van der Waals surface area contributed by atoms with Crippen molar-refractivity contribution in [3.8, 4) is 11.5 Å². The lowest BCUT2D eigenvalue weighted by Crippen LogP contribution is -2.33. The van der Waals surface area contributed by atoms with Gasteiger partial charge in [-0.1, -0.05) is 6.07 Å². The molecule has 5 nitrogen and oxygen atoms in total. The van der Waals surface area contributed by atoms with E-state index in [1.165, 1.54) is 26.4 Å². The van der Waals surface area contributed by atoms with Crippen LogP contribution in [0.5, 0.6) is 11.5 Å². The minimum Gasteiger partial charge on any atom is -0.493 e. The van der Waals surface area contributed by atoms with E-state index in [1.807, 2.05) is 0 Å². The lowest BCUT2D eigenvalue weighted by molar-refractivity contribution is -0.142. The second kappa shape index (κ2) is 6.89. The number of nitrogens with two attached hydrogens (primary N) is 1. The van der Waals surface area contributed by atoms with Crippen LogP contribution in [0.25, 0.3) is 0 Å². The highest BCUT2D eigenvalue weighted by molar-refractivity contribution is 5.75. The van der Waals surface area contributed by atoms with Crippen LogP contribution < -0.4 is 15.2 Å². The zero-order valence-corrected chi connectivity index (χ0v) is 10.6. The third kappa shape index (κ3) is 4.36. The lowest BCUT2D eigenvalue weighted by atomic mass is 10.1. The molecule has 0 radical (unpaired) electrons. The van der Waals surface area contributed by atoms with Crippen molar-refractivity contribution in [2.75, 3.05) is 14.2 Å². The van der Waals surface area contributed by atoms with Gasteiger partial charge in [-0.2, -0.15) is 8.78 Å². The molecule has 2 N–H and O–H groups in total. The Bertz CT molecular complexity index is 440. The van der Waals surface area contributed by atoms with Crippen LogP contribution in [0, 0.1) is 0 Å². The Balaban J connectivity index is 2.88. The van der Waals surface area contributed by atoms with Crippen molar-refractivity contribution >= 4 is 5.97 Å². The summed E-state index contributed by atoms with van der Waals surface area (Å²) in [7, 11) is 2.56. The molecule has 7 heteroatoms. The molecule has 0 saturated heterocycles. The summed E-state index contributed by atoms with van der Waals surface area (Å²) in [6.07, 6.45) is 0.149. The number of carbonyl (C=O) groups excluding carboxylic acids is 1. The molecule has 1 rings (SSSR count). The molecule has 0 bridgehead atoms. The summed E-state index contributed by atoms with van der Waals surface area (Å²) in [5.41, 5.74) is 6.15. The first-order valence-corrected chi connectivity index (χ1v) is 5.43. The summed E-state index contributed by atoms with van der Waals surface area (Å²) in [6, 6.07) is 3.57. The molecule has 0 heterocycles. The number of rotatable bonds is 6. The molecule has 1 aromatic carbocycles. The number of hydrogen-bond donors (Lipinski definition) is 1. The van der Waals surface area contributed by atoms with Gasteiger partial charge < -0.3 is 19.9 Å². The number of methoxy groups -OCH3 is 2. The average Bonchev–Trinajstić information content (AvgIpc) is 2.37.